The maximum atomic E-state index is 5.48. The van der Waals surface area contributed by atoms with Crippen LogP contribution in [0.25, 0.3) is 89.2 Å². The number of fused-ring (bicyclic) bond motifs is 5. The Hall–Kier alpha value is -6.61. The molecule has 0 aliphatic heterocycles. The van der Waals surface area contributed by atoms with Crippen molar-refractivity contribution in [3.8, 4) is 45.3 Å². The van der Waals surface area contributed by atoms with E-state index in [1.165, 1.54) is 0 Å². The predicted octanol–water partition coefficient (Wildman–Crippen LogP) is 7.95. The standard InChI is InChI=1S/C37H23N9/c1-3-13-26-22(9-1)19-28(40-26)33-24-11-7-12-25(34-30-15-5-6-17-46(30)21-39-34)31(24)32(29-20-45-18-8-16-38-37(45)41-29)36(42-33)35-23-10-2-4-14-27(23)43-44-35/h1-21,40H,(H,43,44). The number of aromatic nitrogens is 9. The minimum absolute atomic E-state index is 0.605. The number of hydrogen-bond acceptors (Lipinski definition) is 5. The van der Waals surface area contributed by atoms with Gasteiger partial charge in [-0.1, -0.05) is 60.7 Å². The number of benzene rings is 3. The summed E-state index contributed by atoms with van der Waals surface area (Å²) in [6.45, 7) is 0. The van der Waals surface area contributed by atoms with Gasteiger partial charge in [0.2, 0.25) is 5.78 Å². The zero-order chi connectivity index (χ0) is 30.2. The fraction of sp³-hybridized carbons (Fsp3) is 0. The molecule has 46 heavy (non-hydrogen) atoms. The first kappa shape index (κ1) is 24.8. The van der Waals surface area contributed by atoms with E-state index < -0.39 is 0 Å². The summed E-state index contributed by atoms with van der Waals surface area (Å²) in [5.74, 6) is 0.605. The fourth-order valence-electron chi connectivity index (χ4n) is 6.64. The Morgan fingerprint density at radius 2 is 1.48 bits per heavy atom. The maximum absolute atomic E-state index is 5.48. The quantitative estimate of drug-likeness (QED) is 0.215. The summed E-state index contributed by atoms with van der Waals surface area (Å²) < 4.78 is 3.98. The van der Waals surface area contributed by atoms with E-state index in [4.69, 9.17) is 20.1 Å². The van der Waals surface area contributed by atoms with Gasteiger partial charge in [-0.25, -0.2) is 19.9 Å². The van der Waals surface area contributed by atoms with Crippen LogP contribution in [0.3, 0.4) is 0 Å². The SMILES string of the molecule is c1ccc2[nH]c(-c3nc(-c4n[nH]c5ccccc45)c(-c4cn5cccnc5n4)c4c(-c5ncn6ccccc56)cccc34)cc2c1. The second-order valence-corrected chi connectivity index (χ2v) is 11.3. The zero-order valence-electron chi connectivity index (χ0n) is 24.3. The molecule has 0 aliphatic rings. The molecule has 0 saturated carbocycles. The van der Waals surface area contributed by atoms with Crippen LogP contribution in [0, 0.1) is 0 Å². The largest absolute Gasteiger partial charge is 0.353 e. The lowest BCUT2D eigenvalue weighted by Crippen LogP contribution is -1.99. The molecule has 2 N–H and O–H groups in total. The zero-order valence-corrected chi connectivity index (χ0v) is 24.3. The Morgan fingerprint density at radius 1 is 0.630 bits per heavy atom. The first-order valence-corrected chi connectivity index (χ1v) is 15.0. The number of rotatable bonds is 4. The molecule has 0 radical (unpaired) electrons. The average Bonchev–Trinajstić information content (AvgIpc) is 3.91. The maximum Gasteiger partial charge on any atom is 0.234 e. The van der Waals surface area contributed by atoms with E-state index in [-0.39, 0.29) is 0 Å². The van der Waals surface area contributed by atoms with Gasteiger partial charge in [0.25, 0.3) is 0 Å². The molecule has 0 unspecified atom stereocenters. The summed E-state index contributed by atoms with van der Waals surface area (Å²) in [6, 6.07) is 33.0. The number of imidazole rings is 2. The summed E-state index contributed by atoms with van der Waals surface area (Å²) in [6.07, 6.45) is 9.61. The third-order valence-electron chi connectivity index (χ3n) is 8.70. The molecule has 0 fully saturated rings. The summed E-state index contributed by atoms with van der Waals surface area (Å²) in [4.78, 5) is 23.7. The van der Waals surface area contributed by atoms with Crippen LogP contribution in [0.5, 0.6) is 0 Å². The highest BCUT2D eigenvalue weighted by Crippen LogP contribution is 2.45. The van der Waals surface area contributed by atoms with E-state index in [1.54, 1.807) is 6.20 Å². The van der Waals surface area contributed by atoms with Gasteiger partial charge in [0.05, 0.1) is 40.1 Å². The monoisotopic (exact) mass is 593 g/mol. The van der Waals surface area contributed by atoms with E-state index in [1.807, 2.05) is 76.2 Å². The third-order valence-corrected chi connectivity index (χ3v) is 8.70. The normalized spacial score (nSPS) is 11.9. The second kappa shape index (κ2) is 9.44. The van der Waals surface area contributed by atoms with Gasteiger partial charge in [0, 0.05) is 63.0 Å². The Morgan fingerprint density at radius 3 is 2.41 bits per heavy atom. The van der Waals surface area contributed by atoms with Gasteiger partial charge in [0.15, 0.2) is 0 Å². The van der Waals surface area contributed by atoms with Crippen LogP contribution in [0.4, 0.5) is 0 Å². The lowest BCUT2D eigenvalue weighted by atomic mass is 9.91. The van der Waals surface area contributed by atoms with E-state index in [2.05, 4.69) is 69.7 Å². The highest BCUT2D eigenvalue weighted by atomic mass is 15.1. The molecule has 10 rings (SSSR count). The van der Waals surface area contributed by atoms with Crippen LogP contribution in [0.2, 0.25) is 0 Å². The number of H-pyrrole nitrogens is 2. The van der Waals surface area contributed by atoms with E-state index >= 15 is 0 Å². The molecule has 3 aromatic carbocycles. The lowest BCUT2D eigenvalue weighted by molar-refractivity contribution is 1.11. The molecule has 0 aliphatic carbocycles. The third kappa shape index (κ3) is 3.59. The molecular formula is C37H23N9. The molecular weight excluding hydrogens is 570 g/mol. The number of aromatic amines is 2. The van der Waals surface area contributed by atoms with Crippen LogP contribution < -0.4 is 0 Å². The Bertz CT molecular complexity index is 2710. The molecule has 7 heterocycles. The highest BCUT2D eigenvalue weighted by molar-refractivity contribution is 6.16. The van der Waals surface area contributed by atoms with Crippen LogP contribution in [-0.2, 0) is 0 Å². The van der Waals surface area contributed by atoms with Gasteiger partial charge in [0.1, 0.15) is 11.4 Å². The van der Waals surface area contributed by atoms with Crippen molar-refractivity contribution in [3.63, 3.8) is 0 Å². The molecule has 0 spiro atoms. The highest BCUT2D eigenvalue weighted by Gasteiger charge is 2.26. The van der Waals surface area contributed by atoms with Crippen LogP contribution >= 0.6 is 0 Å². The molecule has 0 atom stereocenters. The molecule has 0 amide bonds. The molecule has 10 aromatic rings. The molecule has 216 valence electrons. The van der Waals surface area contributed by atoms with Crippen molar-refractivity contribution >= 4 is 43.9 Å². The summed E-state index contributed by atoms with van der Waals surface area (Å²) in [7, 11) is 0. The van der Waals surface area contributed by atoms with Gasteiger partial charge in [-0.2, -0.15) is 5.10 Å². The molecule has 9 heteroatoms. The van der Waals surface area contributed by atoms with E-state index in [9.17, 15) is 0 Å². The van der Waals surface area contributed by atoms with Crippen LogP contribution in [0.15, 0.2) is 128 Å². The second-order valence-electron chi connectivity index (χ2n) is 11.3. The van der Waals surface area contributed by atoms with Crippen molar-refractivity contribution in [1.29, 1.82) is 0 Å². The van der Waals surface area contributed by atoms with Crippen molar-refractivity contribution < 1.29 is 0 Å². The van der Waals surface area contributed by atoms with Crippen LogP contribution in [-0.4, -0.2) is 43.9 Å². The molecule has 0 saturated heterocycles. The van der Waals surface area contributed by atoms with Crippen molar-refractivity contribution in [2.75, 3.05) is 0 Å². The van der Waals surface area contributed by atoms with Crippen molar-refractivity contribution in [3.05, 3.63) is 128 Å². The first-order chi connectivity index (χ1) is 22.8. The van der Waals surface area contributed by atoms with Gasteiger partial charge in [-0.3, -0.25) is 9.50 Å². The fourth-order valence-corrected chi connectivity index (χ4v) is 6.64. The van der Waals surface area contributed by atoms with Gasteiger partial charge in [-0.15, -0.1) is 0 Å². The van der Waals surface area contributed by atoms with Gasteiger partial charge in [-0.05, 0) is 36.4 Å². The molecule has 9 nitrogen and oxygen atoms in total. The number of nitrogens with zero attached hydrogens (tertiary/aromatic N) is 7. The van der Waals surface area contributed by atoms with E-state index in [0.717, 1.165) is 83.4 Å². The van der Waals surface area contributed by atoms with Crippen LogP contribution in [0.1, 0.15) is 0 Å². The lowest BCUT2D eigenvalue weighted by Gasteiger charge is -2.16. The summed E-state index contributed by atoms with van der Waals surface area (Å²) in [5.41, 5.74) is 9.67. The Labute approximate surface area is 260 Å². The average molecular weight is 594 g/mol. The van der Waals surface area contributed by atoms with Crippen molar-refractivity contribution in [2.24, 2.45) is 0 Å². The smallest absolute Gasteiger partial charge is 0.234 e. The number of nitrogens with one attached hydrogen (secondary N) is 2. The number of hydrogen-bond donors (Lipinski definition) is 2. The minimum Gasteiger partial charge on any atom is -0.353 e. The Kier molecular flexibility index (Phi) is 5.09. The summed E-state index contributed by atoms with van der Waals surface area (Å²) in [5, 5.41) is 12.2. The van der Waals surface area contributed by atoms with E-state index in [0.29, 0.717) is 5.78 Å². The molecule has 0 bridgehead atoms. The first-order valence-electron chi connectivity index (χ1n) is 15.0. The molecule has 7 aromatic heterocycles. The predicted molar refractivity (Wildman–Crippen MR) is 180 cm³/mol. The Balaban J connectivity index is 1.41. The van der Waals surface area contributed by atoms with Gasteiger partial charge < -0.3 is 9.38 Å². The topological polar surface area (TPSA) is 105 Å². The summed E-state index contributed by atoms with van der Waals surface area (Å²) >= 11 is 0. The van der Waals surface area contributed by atoms with Crippen molar-refractivity contribution in [2.45, 2.75) is 0 Å². The van der Waals surface area contributed by atoms with Crippen molar-refractivity contribution in [1.82, 2.24) is 43.9 Å². The minimum atomic E-state index is 0.605. The number of pyridine rings is 2. The number of para-hydroxylation sites is 2. The van der Waals surface area contributed by atoms with Gasteiger partial charge >= 0.3 is 0 Å².